The predicted octanol–water partition coefficient (Wildman–Crippen LogP) is 4.56. The van der Waals surface area contributed by atoms with Gasteiger partial charge in [0.1, 0.15) is 0 Å². The lowest BCUT2D eigenvalue weighted by Crippen LogP contribution is -2.18. The number of anilines is 2. The monoisotopic (exact) mass is 303 g/mol. The minimum Gasteiger partial charge on any atom is -0.299 e. The lowest BCUT2D eigenvalue weighted by Gasteiger charge is -2.01. The van der Waals surface area contributed by atoms with Gasteiger partial charge in [-0.15, -0.1) is 11.3 Å². The fourth-order valence-corrected chi connectivity index (χ4v) is 3.46. The standard InChI is InChI=1S/C14H13N3OS2/c1-2-9-5-3-6-10-12(9)16-14(20-10)17-13(18)15-11-7-4-8-19-11/h3-8H,2H2,1H3,(H2,15,16,17,18). The molecule has 0 spiro atoms. The van der Waals surface area contributed by atoms with Crippen LogP contribution in [0, 0.1) is 0 Å². The number of thiazole rings is 1. The van der Waals surface area contributed by atoms with Gasteiger partial charge in [0.15, 0.2) is 5.13 Å². The second-order valence-corrected chi connectivity index (χ2v) is 6.17. The van der Waals surface area contributed by atoms with Crippen LogP contribution in [0.1, 0.15) is 12.5 Å². The Morgan fingerprint density at radius 2 is 2.15 bits per heavy atom. The van der Waals surface area contributed by atoms with E-state index in [1.54, 1.807) is 0 Å². The van der Waals surface area contributed by atoms with E-state index in [0.717, 1.165) is 21.6 Å². The molecule has 3 rings (SSSR count). The average Bonchev–Trinajstić information content (AvgIpc) is 3.06. The molecule has 1 aromatic carbocycles. The van der Waals surface area contributed by atoms with Gasteiger partial charge in [0, 0.05) is 0 Å². The molecule has 3 aromatic rings. The third-order valence-electron chi connectivity index (χ3n) is 2.86. The van der Waals surface area contributed by atoms with Crippen LogP contribution in [0.15, 0.2) is 35.7 Å². The lowest BCUT2D eigenvalue weighted by atomic mass is 10.1. The molecule has 2 N–H and O–H groups in total. The van der Waals surface area contributed by atoms with Gasteiger partial charge in [-0.1, -0.05) is 30.4 Å². The van der Waals surface area contributed by atoms with Crippen LogP contribution in [0.4, 0.5) is 14.9 Å². The molecule has 0 atom stereocenters. The second kappa shape index (κ2) is 5.60. The highest BCUT2D eigenvalue weighted by Gasteiger charge is 2.10. The lowest BCUT2D eigenvalue weighted by molar-refractivity contribution is 0.262. The number of aryl methyl sites for hydroxylation is 1. The Morgan fingerprint density at radius 3 is 2.90 bits per heavy atom. The van der Waals surface area contributed by atoms with Crippen molar-refractivity contribution in [2.24, 2.45) is 0 Å². The van der Waals surface area contributed by atoms with Crippen LogP contribution in [-0.2, 0) is 6.42 Å². The van der Waals surface area contributed by atoms with E-state index in [0.29, 0.717) is 5.13 Å². The quantitative estimate of drug-likeness (QED) is 0.745. The SMILES string of the molecule is CCc1cccc2sc(NC(=O)Nc3cccs3)nc12. The predicted molar refractivity (Wildman–Crippen MR) is 86.0 cm³/mol. The molecule has 0 unspecified atom stereocenters. The number of benzene rings is 1. The van der Waals surface area contributed by atoms with Gasteiger partial charge in [0.2, 0.25) is 0 Å². The van der Waals surface area contributed by atoms with Gasteiger partial charge in [0.05, 0.1) is 15.2 Å². The van der Waals surface area contributed by atoms with Crippen molar-refractivity contribution in [2.75, 3.05) is 10.6 Å². The number of nitrogens with zero attached hydrogens (tertiary/aromatic N) is 1. The molecule has 2 heterocycles. The Hall–Kier alpha value is -1.92. The molecule has 0 radical (unpaired) electrons. The molecular formula is C14H13N3OS2. The smallest absolute Gasteiger partial charge is 0.299 e. The number of para-hydroxylation sites is 1. The molecule has 0 saturated heterocycles. The van der Waals surface area contributed by atoms with Crippen molar-refractivity contribution in [3.63, 3.8) is 0 Å². The Kier molecular flexibility index (Phi) is 3.66. The molecule has 4 nitrogen and oxygen atoms in total. The van der Waals surface area contributed by atoms with Crippen LogP contribution < -0.4 is 10.6 Å². The summed E-state index contributed by atoms with van der Waals surface area (Å²) in [7, 11) is 0. The van der Waals surface area contributed by atoms with E-state index >= 15 is 0 Å². The highest BCUT2D eigenvalue weighted by molar-refractivity contribution is 7.22. The zero-order valence-electron chi connectivity index (χ0n) is 10.8. The zero-order chi connectivity index (χ0) is 13.9. The molecule has 20 heavy (non-hydrogen) atoms. The summed E-state index contributed by atoms with van der Waals surface area (Å²) in [6.07, 6.45) is 0.932. The topological polar surface area (TPSA) is 54.0 Å². The first kappa shape index (κ1) is 13.1. The maximum Gasteiger partial charge on any atom is 0.326 e. The van der Waals surface area contributed by atoms with Crippen LogP contribution in [-0.4, -0.2) is 11.0 Å². The van der Waals surface area contributed by atoms with Gasteiger partial charge in [-0.3, -0.25) is 10.6 Å². The van der Waals surface area contributed by atoms with Crippen molar-refractivity contribution in [3.05, 3.63) is 41.3 Å². The van der Waals surface area contributed by atoms with Crippen molar-refractivity contribution in [1.82, 2.24) is 4.98 Å². The summed E-state index contributed by atoms with van der Waals surface area (Å²) in [4.78, 5) is 16.4. The fraction of sp³-hybridized carbons (Fsp3) is 0.143. The molecule has 0 saturated carbocycles. The molecule has 0 fully saturated rings. The minimum absolute atomic E-state index is 0.260. The largest absolute Gasteiger partial charge is 0.326 e. The van der Waals surface area contributed by atoms with Gasteiger partial charge in [-0.05, 0) is 35.6 Å². The highest BCUT2D eigenvalue weighted by Crippen LogP contribution is 2.28. The summed E-state index contributed by atoms with van der Waals surface area (Å²) in [6, 6.07) is 9.61. The van der Waals surface area contributed by atoms with E-state index in [1.807, 2.05) is 29.6 Å². The Labute approximate surface area is 124 Å². The molecule has 6 heteroatoms. The van der Waals surface area contributed by atoms with Crippen LogP contribution in [0.2, 0.25) is 0 Å². The average molecular weight is 303 g/mol. The minimum atomic E-state index is -0.260. The molecule has 0 aliphatic rings. The molecule has 2 aromatic heterocycles. The summed E-state index contributed by atoms with van der Waals surface area (Å²) >= 11 is 2.97. The number of urea groups is 1. The van der Waals surface area contributed by atoms with Gasteiger partial charge >= 0.3 is 6.03 Å². The maximum absolute atomic E-state index is 11.9. The summed E-state index contributed by atoms with van der Waals surface area (Å²) in [6.45, 7) is 2.10. The number of carbonyl (C=O) groups is 1. The Morgan fingerprint density at radius 1 is 1.25 bits per heavy atom. The third kappa shape index (κ3) is 2.66. The van der Waals surface area contributed by atoms with Crippen molar-refractivity contribution in [2.45, 2.75) is 13.3 Å². The Balaban J connectivity index is 1.79. The van der Waals surface area contributed by atoms with E-state index < -0.39 is 0 Å². The van der Waals surface area contributed by atoms with Crippen LogP contribution in [0.5, 0.6) is 0 Å². The number of aromatic nitrogens is 1. The molecule has 2 amide bonds. The number of amides is 2. The van der Waals surface area contributed by atoms with Gasteiger partial charge in [0.25, 0.3) is 0 Å². The normalized spacial score (nSPS) is 10.7. The van der Waals surface area contributed by atoms with Crippen molar-refractivity contribution in [3.8, 4) is 0 Å². The van der Waals surface area contributed by atoms with Gasteiger partial charge in [-0.2, -0.15) is 0 Å². The number of rotatable bonds is 3. The van der Waals surface area contributed by atoms with E-state index in [1.165, 1.54) is 28.2 Å². The maximum atomic E-state index is 11.9. The van der Waals surface area contributed by atoms with E-state index in [2.05, 4.69) is 28.6 Å². The van der Waals surface area contributed by atoms with Crippen LogP contribution in [0.3, 0.4) is 0 Å². The number of fused-ring (bicyclic) bond motifs is 1. The first-order chi connectivity index (χ1) is 9.76. The van der Waals surface area contributed by atoms with E-state index in [4.69, 9.17) is 0 Å². The fourth-order valence-electron chi connectivity index (χ4n) is 1.93. The Bertz CT molecular complexity index is 734. The number of thiophene rings is 1. The number of carbonyl (C=O) groups excluding carboxylic acids is 1. The summed E-state index contributed by atoms with van der Waals surface area (Å²) < 4.78 is 1.09. The summed E-state index contributed by atoms with van der Waals surface area (Å²) in [5, 5.41) is 8.92. The van der Waals surface area contributed by atoms with Crippen molar-refractivity contribution < 1.29 is 4.79 Å². The van der Waals surface area contributed by atoms with Gasteiger partial charge < -0.3 is 0 Å². The molecule has 0 aliphatic heterocycles. The molecule has 0 bridgehead atoms. The van der Waals surface area contributed by atoms with Crippen LogP contribution in [0.25, 0.3) is 10.2 Å². The van der Waals surface area contributed by atoms with Crippen molar-refractivity contribution >= 4 is 49.1 Å². The van der Waals surface area contributed by atoms with E-state index in [-0.39, 0.29) is 6.03 Å². The first-order valence-corrected chi connectivity index (χ1v) is 7.96. The van der Waals surface area contributed by atoms with Crippen LogP contribution >= 0.6 is 22.7 Å². The number of hydrogen-bond donors (Lipinski definition) is 2. The number of hydrogen-bond acceptors (Lipinski definition) is 4. The van der Waals surface area contributed by atoms with E-state index in [9.17, 15) is 4.79 Å². The van der Waals surface area contributed by atoms with Crippen molar-refractivity contribution in [1.29, 1.82) is 0 Å². The molecular weight excluding hydrogens is 290 g/mol. The summed E-state index contributed by atoms with van der Waals surface area (Å²) in [5.41, 5.74) is 2.18. The first-order valence-electron chi connectivity index (χ1n) is 6.26. The molecule has 0 aliphatic carbocycles. The molecule has 102 valence electrons. The number of nitrogens with one attached hydrogen (secondary N) is 2. The zero-order valence-corrected chi connectivity index (χ0v) is 12.5. The third-order valence-corrected chi connectivity index (χ3v) is 4.58. The summed E-state index contributed by atoms with van der Waals surface area (Å²) in [5.74, 6) is 0. The van der Waals surface area contributed by atoms with Gasteiger partial charge in [-0.25, -0.2) is 9.78 Å². The second-order valence-electron chi connectivity index (χ2n) is 4.19. The highest BCUT2D eigenvalue weighted by atomic mass is 32.1.